The van der Waals surface area contributed by atoms with Crippen LogP contribution in [0.3, 0.4) is 0 Å². The molecule has 2 aromatic rings. The van der Waals surface area contributed by atoms with Gasteiger partial charge in [0.15, 0.2) is 6.80 Å². The van der Waals surface area contributed by atoms with Crippen LogP contribution in [0.15, 0.2) is 29.2 Å². The van der Waals surface area contributed by atoms with Gasteiger partial charge in [0.1, 0.15) is 17.5 Å². The Kier molecular flexibility index (Phi) is 4.76. The molecule has 8 heteroatoms. The van der Waals surface area contributed by atoms with Crippen LogP contribution < -0.4 is 10.3 Å². The zero-order valence-corrected chi connectivity index (χ0v) is 17.5. The lowest BCUT2D eigenvalue weighted by Gasteiger charge is -2.58. The van der Waals surface area contributed by atoms with Crippen molar-refractivity contribution in [3.63, 3.8) is 0 Å². The van der Waals surface area contributed by atoms with Crippen molar-refractivity contribution in [3.05, 3.63) is 39.8 Å². The minimum atomic E-state index is -0.907. The Hall–Kier alpha value is -2.28. The molecule has 1 saturated heterocycles. The first-order valence-corrected chi connectivity index (χ1v) is 10.0. The maximum absolute atomic E-state index is 13.0. The third-order valence-corrected chi connectivity index (χ3v) is 5.81. The fraction of sp³-hybridized carbons (Fsp3) is 0.524. The molecule has 0 radical (unpaired) electrons. The average molecular weight is 423 g/mol. The van der Waals surface area contributed by atoms with E-state index in [9.17, 15) is 14.0 Å². The standard InChI is InChI=1S/C21H24ClFN2O4/c1-20(2,3)29-19(27)25-10-21(11-25)8-13(9-21)28-16-5-4-15(22)17-14(16)6-7-24(12-23)18(17)26/h4-7,13H,8-12H2,1-3H3. The number of halogens is 2. The van der Waals surface area contributed by atoms with Crippen LogP contribution in [-0.4, -0.2) is 40.4 Å². The van der Waals surface area contributed by atoms with Gasteiger partial charge in [0.2, 0.25) is 0 Å². The zero-order chi connectivity index (χ0) is 21.0. The summed E-state index contributed by atoms with van der Waals surface area (Å²) in [6.45, 7) is 6.00. The van der Waals surface area contributed by atoms with E-state index >= 15 is 0 Å². The summed E-state index contributed by atoms with van der Waals surface area (Å²) < 4.78 is 25.5. The van der Waals surface area contributed by atoms with Crippen molar-refractivity contribution in [2.24, 2.45) is 5.41 Å². The van der Waals surface area contributed by atoms with E-state index in [4.69, 9.17) is 21.1 Å². The second-order valence-electron chi connectivity index (χ2n) is 9.03. The lowest BCUT2D eigenvalue weighted by atomic mass is 9.62. The molecule has 1 saturated carbocycles. The first-order valence-electron chi connectivity index (χ1n) is 9.63. The van der Waals surface area contributed by atoms with Gasteiger partial charge in [-0.25, -0.2) is 9.18 Å². The average Bonchev–Trinajstić information content (AvgIpc) is 2.56. The number of rotatable bonds is 3. The molecule has 2 aliphatic rings. The maximum Gasteiger partial charge on any atom is 0.410 e. The van der Waals surface area contributed by atoms with Crippen LogP contribution in [0.1, 0.15) is 33.6 Å². The number of nitrogens with zero attached hydrogens (tertiary/aromatic N) is 2. The van der Waals surface area contributed by atoms with E-state index in [0.717, 1.165) is 17.4 Å². The smallest absolute Gasteiger partial charge is 0.410 e. The summed E-state index contributed by atoms with van der Waals surface area (Å²) in [4.78, 5) is 26.2. The van der Waals surface area contributed by atoms with Crippen LogP contribution in [0.5, 0.6) is 5.75 Å². The van der Waals surface area contributed by atoms with Gasteiger partial charge in [0, 0.05) is 30.1 Å². The lowest BCUT2D eigenvalue weighted by Crippen LogP contribution is -2.66. The van der Waals surface area contributed by atoms with Crippen LogP contribution in [-0.2, 0) is 11.5 Å². The van der Waals surface area contributed by atoms with Crippen LogP contribution in [0, 0.1) is 5.41 Å². The van der Waals surface area contributed by atoms with Crippen molar-refractivity contribution in [2.75, 3.05) is 13.1 Å². The van der Waals surface area contributed by atoms with E-state index in [0.29, 0.717) is 24.2 Å². The third kappa shape index (κ3) is 3.68. The van der Waals surface area contributed by atoms with Gasteiger partial charge < -0.3 is 14.4 Å². The number of likely N-dealkylation sites (tertiary alicyclic amines) is 1. The molecule has 0 atom stereocenters. The van der Waals surface area contributed by atoms with Crippen LogP contribution in [0.4, 0.5) is 9.18 Å². The van der Waals surface area contributed by atoms with Gasteiger partial charge in [-0.1, -0.05) is 11.6 Å². The Bertz CT molecular complexity index is 1020. The van der Waals surface area contributed by atoms with Crippen LogP contribution >= 0.6 is 11.6 Å². The molecular weight excluding hydrogens is 399 g/mol. The van der Waals surface area contributed by atoms with Crippen molar-refractivity contribution < 1.29 is 18.7 Å². The minimum absolute atomic E-state index is 0.00349. The highest BCUT2D eigenvalue weighted by molar-refractivity contribution is 6.35. The summed E-state index contributed by atoms with van der Waals surface area (Å²) in [7, 11) is 0. The normalized spacial score (nSPS) is 18.4. The molecule has 1 aromatic heterocycles. The Morgan fingerprint density at radius 2 is 1.97 bits per heavy atom. The monoisotopic (exact) mass is 422 g/mol. The summed E-state index contributed by atoms with van der Waals surface area (Å²) >= 11 is 6.18. The fourth-order valence-corrected chi connectivity index (χ4v) is 4.42. The van der Waals surface area contributed by atoms with Crippen molar-refractivity contribution in [1.82, 2.24) is 9.47 Å². The predicted molar refractivity (Wildman–Crippen MR) is 108 cm³/mol. The fourth-order valence-electron chi connectivity index (χ4n) is 4.18. The molecule has 1 spiro atoms. The number of alkyl halides is 1. The van der Waals surface area contributed by atoms with Gasteiger partial charge in [-0.3, -0.25) is 9.36 Å². The number of pyridine rings is 1. The Morgan fingerprint density at radius 3 is 2.59 bits per heavy atom. The van der Waals surface area contributed by atoms with Gasteiger partial charge in [0.05, 0.1) is 10.4 Å². The number of fused-ring (bicyclic) bond motifs is 1. The van der Waals surface area contributed by atoms with Gasteiger partial charge in [-0.2, -0.15) is 0 Å². The largest absolute Gasteiger partial charge is 0.490 e. The molecule has 1 aliphatic carbocycles. The van der Waals surface area contributed by atoms with E-state index in [1.54, 1.807) is 23.1 Å². The highest BCUT2D eigenvalue weighted by Gasteiger charge is 2.55. The molecule has 29 heavy (non-hydrogen) atoms. The number of ether oxygens (including phenoxy) is 2. The SMILES string of the molecule is CC(C)(C)OC(=O)N1CC2(CC(Oc3ccc(Cl)c4c(=O)n(CF)ccc34)C2)C1. The van der Waals surface area contributed by atoms with E-state index in [-0.39, 0.29) is 28.0 Å². The molecule has 1 amide bonds. The number of hydrogen-bond acceptors (Lipinski definition) is 4. The third-order valence-electron chi connectivity index (χ3n) is 5.50. The highest BCUT2D eigenvalue weighted by atomic mass is 35.5. The summed E-state index contributed by atoms with van der Waals surface area (Å²) in [5, 5.41) is 1.12. The molecular formula is C21H24ClFN2O4. The topological polar surface area (TPSA) is 60.8 Å². The molecule has 0 N–H and O–H groups in total. The molecule has 0 unspecified atom stereocenters. The number of carbonyl (C=O) groups excluding carboxylic acids is 1. The Labute approximate surface area is 173 Å². The van der Waals surface area contributed by atoms with Crippen LogP contribution in [0.2, 0.25) is 5.02 Å². The predicted octanol–water partition coefficient (Wildman–Crippen LogP) is 4.36. The van der Waals surface area contributed by atoms with E-state index in [1.807, 2.05) is 20.8 Å². The quantitative estimate of drug-likeness (QED) is 0.737. The molecule has 1 aromatic carbocycles. The summed E-state index contributed by atoms with van der Waals surface area (Å²) in [5.74, 6) is 0.565. The molecule has 1 aliphatic heterocycles. The van der Waals surface area contributed by atoms with Crippen molar-refractivity contribution in [2.45, 2.75) is 52.1 Å². The molecule has 2 fully saturated rings. The summed E-state index contributed by atoms with van der Waals surface area (Å²) in [6.07, 6.45) is 2.79. The van der Waals surface area contributed by atoms with Crippen molar-refractivity contribution >= 4 is 28.5 Å². The number of hydrogen-bond donors (Lipinski definition) is 0. The second-order valence-corrected chi connectivity index (χ2v) is 9.44. The maximum atomic E-state index is 13.0. The Balaban J connectivity index is 1.41. The van der Waals surface area contributed by atoms with Gasteiger partial charge in [-0.05, 0) is 51.8 Å². The first-order chi connectivity index (χ1) is 13.6. The number of carbonyl (C=O) groups is 1. The highest BCUT2D eigenvalue weighted by Crippen LogP contribution is 2.50. The molecule has 156 valence electrons. The number of amides is 1. The second kappa shape index (κ2) is 6.90. The van der Waals surface area contributed by atoms with Crippen molar-refractivity contribution in [1.29, 1.82) is 0 Å². The van der Waals surface area contributed by atoms with E-state index < -0.39 is 18.0 Å². The van der Waals surface area contributed by atoms with E-state index in [1.165, 1.54) is 6.20 Å². The molecule has 0 bridgehead atoms. The van der Waals surface area contributed by atoms with Crippen molar-refractivity contribution in [3.8, 4) is 5.75 Å². The van der Waals surface area contributed by atoms with Crippen LogP contribution in [0.25, 0.3) is 10.8 Å². The van der Waals surface area contributed by atoms with Gasteiger partial charge >= 0.3 is 6.09 Å². The van der Waals surface area contributed by atoms with E-state index in [2.05, 4.69) is 0 Å². The first kappa shape index (κ1) is 20.0. The molecule has 6 nitrogen and oxygen atoms in total. The summed E-state index contributed by atoms with van der Waals surface area (Å²) in [6, 6.07) is 4.99. The Morgan fingerprint density at radius 1 is 1.28 bits per heavy atom. The zero-order valence-electron chi connectivity index (χ0n) is 16.7. The van der Waals surface area contributed by atoms with Gasteiger partial charge in [0.25, 0.3) is 5.56 Å². The molecule has 4 rings (SSSR count). The summed E-state index contributed by atoms with van der Waals surface area (Å²) in [5.41, 5.74) is -0.885. The minimum Gasteiger partial charge on any atom is -0.490 e. The lowest BCUT2D eigenvalue weighted by molar-refractivity contribution is -0.116. The number of benzene rings is 1. The van der Waals surface area contributed by atoms with Gasteiger partial charge in [-0.15, -0.1) is 0 Å². The molecule has 2 heterocycles. The number of aromatic nitrogens is 1.